The summed E-state index contributed by atoms with van der Waals surface area (Å²) in [6.45, 7) is 0. The highest BCUT2D eigenvalue weighted by atomic mass is 16.5. The largest absolute Gasteiger partial charge is 0.454 e. The summed E-state index contributed by atoms with van der Waals surface area (Å²) in [5.41, 5.74) is 12.5. The summed E-state index contributed by atoms with van der Waals surface area (Å²) in [7, 11) is 0. The molecule has 0 spiro atoms. The molecule has 2 heteroatoms. The Bertz CT molecular complexity index is 2300. The molecule has 0 N–H and O–H groups in total. The first kappa shape index (κ1) is 27.9. The van der Waals surface area contributed by atoms with Crippen molar-refractivity contribution in [3.63, 3.8) is 0 Å². The molecular weight excluding hydrogens is 583 g/mol. The van der Waals surface area contributed by atoms with Crippen LogP contribution in [-0.2, 0) is 0 Å². The van der Waals surface area contributed by atoms with Gasteiger partial charge in [0.2, 0.25) is 0 Å². The molecule has 0 saturated heterocycles. The minimum absolute atomic E-state index is 0.847. The molecule has 2 nitrogen and oxygen atoms in total. The van der Waals surface area contributed by atoms with E-state index < -0.39 is 0 Å². The van der Waals surface area contributed by atoms with Gasteiger partial charge in [0, 0.05) is 27.9 Å². The molecule has 0 amide bonds. The zero-order chi connectivity index (χ0) is 31.9. The van der Waals surface area contributed by atoms with E-state index in [1.54, 1.807) is 0 Å². The van der Waals surface area contributed by atoms with Gasteiger partial charge in [-0.2, -0.15) is 0 Å². The summed E-state index contributed by atoms with van der Waals surface area (Å²) in [6.07, 6.45) is 0. The van der Waals surface area contributed by atoms with E-state index in [-0.39, 0.29) is 0 Å². The van der Waals surface area contributed by atoms with Crippen molar-refractivity contribution in [3.05, 3.63) is 188 Å². The number of para-hydroxylation sites is 1. The summed E-state index contributed by atoms with van der Waals surface area (Å²) in [4.78, 5) is 2.32. The SMILES string of the molecule is c1ccc(-c2ccc(N(c3ccc(-c4ccccc4)cc3)c3cccc4c3Oc3cccc5ccc(-c6ccccc6)c-4c35)cc2)cc1. The molecule has 0 bridgehead atoms. The molecule has 0 saturated carbocycles. The van der Waals surface area contributed by atoms with E-state index in [1.807, 2.05) is 0 Å². The summed E-state index contributed by atoms with van der Waals surface area (Å²) in [6, 6.07) is 66.7. The van der Waals surface area contributed by atoms with Gasteiger partial charge in [-0.1, -0.05) is 152 Å². The molecule has 0 aromatic heterocycles. The maximum absolute atomic E-state index is 6.94. The van der Waals surface area contributed by atoms with Crippen LogP contribution in [0.1, 0.15) is 0 Å². The molecule has 0 atom stereocenters. The monoisotopic (exact) mass is 613 g/mol. The minimum atomic E-state index is 0.847. The highest BCUT2D eigenvalue weighted by Crippen LogP contribution is 2.55. The topological polar surface area (TPSA) is 12.5 Å². The van der Waals surface area contributed by atoms with Gasteiger partial charge < -0.3 is 9.64 Å². The molecule has 8 aromatic rings. The van der Waals surface area contributed by atoms with Gasteiger partial charge in [-0.05, 0) is 75.2 Å². The fourth-order valence-corrected chi connectivity index (χ4v) is 6.98. The van der Waals surface area contributed by atoms with Gasteiger partial charge in [0.1, 0.15) is 5.75 Å². The standard InChI is InChI=1S/C46H31NO/c1-4-12-32(13-5-1)34-22-27-38(28-23-34)47(39-29-24-35(25-30-39)33-14-6-2-7-15-33)42-20-11-19-41-45-40(36-16-8-3-9-17-36)31-26-37-18-10-21-43(44(37)45)48-46(41)42/h1-31H. The molecule has 0 unspecified atom stereocenters. The Hall–Kier alpha value is -6.38. The number of anilines is 3. The zero-order valence-electron chi connectivity index (χ0n) is 26.3. The lowest BCUT2D eigenvalue weighted by Crippen LogP contribution is -2.12. The van der Waals surface area contributed by atoms with E-state index in [1.165, 1.54) is 44.3 Å². The van der Waals surface area contributed by atoms with Crippen molar-refractivity contribution in [1.29, 1.82) is 0 Å². The van der Waals surface area contributed by atoms with Crippen molar-refractivity contribution in [2.24, 2.45) is 0 Å². The minimum Gasteiger partial charge on any atom is -0.454 e. The Morgan fingerprint density at radius 3 is 1.46 bits per heavy atom. The van der Waals surface area contributed by atoms with Crippen LogP contribution in [0.15, 0.2) is 188 Å². The van der Waals surface area contributed by atoms with E-state index in [0.29, 0.717) is 0 Å². The normalized spacial score (nSPS) is 11.5. The van der Waals surface area contributed by atoms with Gasteiger partial charge >= 0.3 is 0 Å². The number of hydrogen-bond donors (Lipinski definition) is 0. The zero-order valence-corrected chi connectivity index (χ0v) is 26.3. The molecule has 1 heterocycles. The molecule has 1 aliphatic heterocycles. The molecule has 0 fully saturated rings. The van der Waals surface area contributed by atoms with Crippen LogP contribution >= 0.6 is 0 Å². The third kappa shape index (κ3) is 4.83. The summed E-state index contributed by atoms with van der Waals surface area (Å²) >= 11 is 0. The average Bonchev–Trinajstić information content (AvgIpc) is 3.17. The van der Waals surface area contributed by atoms with Crippen LogP contribution in [0.3, 0.4) is 0 Å². The second-order valence-corrected chi connectivity index (χ2v) is 12.1. The maximum Gasteiger partial charge on any atom is 0.159 e. The van der Waals surface area contributed by atoms with Gasteiger partial charge in [-0.3, -0.25) is 0 Å². The van der Waals surface area contributed by atoms with Crippen LogP contribution in [0.2, 0.25) is 0 Å². The van der Waals surface area contributed by atoms with Crippen molar-refractivity contribution in [1.82, 2.24) is 0 Å². The first-order valence-electron chi connectivity index (χ1n) is 16.4. The van der Waals surface area contributed by atoms with Gasteiger partial charge in [0.05, 0.1) is 5.69 Å². The van der Waals surface area contributed by atoms with Crippen molar-refractivity contribution < 1.29 is 4.74 Å². The predicted octanol–water partition coefficient (Wildman–Crippen LogP) is 13.1. The molecule has 226 valence electrons. The van der Waals surface area contributed by atoms with E-state index in [2.05, 4.69) is 193 Å². The summed E-state index contributed by atoms with van der Waals surface area (Å²) in [5.74, 6) is 1.72. The van der Waals surface area contributed by atoms with Crippen molar-refractivity contribution in [2.45, 2.75) is 0 Å². The van der Waals surface area contributed by atoms with Crippen LogP contribution in [0.4, 0.5) is 17.1 Å². The number of nitrogens with zero attached hydrogens (tertiary/aromatic N) is 1. The Morgan fingerprint density at radius 2 is 0.875 bits per heavy atom. The fourth-order valence-electron chi connectivity index (χ4n) is 6.98. The lowest BCUT2D eigenvalue weighted by molar-refractivity contribution is 0.488. The molecular formula is C46H31NO. The van der Waals surface area contributed by atoms with Gasteiger partial charge in [-0.15, -0.1) is 0 Å². The first-order valence-corrected chi connectivity index (χ1v) is 16.4. The third-order valence-electron chi connectivity index (χ3n) is 9.27. The second kappa shape index (κ2) is 11.8. The highest BCUT2D eigenvalue weighted by Gasteiger charge is 2.28. The molecule has 0 radical (unpaired) electrons. The van der Waals surface area contributed by atoms with Gasteiger partial charge in [0.15, 0.2) is 5.75 Å². The summed E-state index contributed by atoms with van der Waals surface area (Å²) < 4.78 is 6.94. The molecule has 1 aliphatic rings. The fraction of sp³-hybridized carbons (Fsp3) is 0. The maximum atomic E-state index is 6.94. The average molecular weight is 614 g/mol. The van der Waals surface area contributed by atoms with E-state index in [4.69, 9.17) is 4.74 Å². The smallest absolute Gasteiger partial charge is 0.159 e. The number of fused-ring (bicyclic) bond motifs is 2. The van der Waals surface area contributed by atoms with Crippen LogP contribution in [0, 0.1) is 0 Å². The van der Waals surface area contributed by atoms with Crippen molar-refractivity contribution >= 4 is 27.8 Å². The highest BCUT2D eigenvalue weighted by molar-refractivity contribution is 6.11. The van der Waals surface area contributed by atoms with Crippen LogP contribution in [0.5, 0.6) is 11.5 Å². The summed E-state index contributed by atoms with van der Waals surface area (Å²) in [5, 5.41) is 2.32. The van der Waals surface area contributed by atoms with Crippen LogP contribution in [-0.4, -0.2) is 0 Å². The molecule has 9 rings (SSSR count). The molecule has 0 aliphatic carbocycles. The Balaban J connectivity index is 1.24. The van der Waals surface area contributed by atoms with E-state index in [0.717, 1.165) is 39.5 Å². The van der Waals surface area contributed by atoms with Crippen LogP contribution < -0.4 is 9.64 Å². The number of rotatable bonds is 6. The quantitative estimate of drug-likeness (QED) is 0.185. The lowest BCUT2D eigenvalue weighted by Gasteiger charge is -2.31. The predicted molar refractivity (Wildman–Crippen MR) is 200 cm³/mol. The first-order chi connectivity index (χ1) is 23.8. The second-order valence-electron chi connectivity index (χ2n) is 12.1. The Labute approximate surface area is 280 Å². The van der Waals surface area contributed by atoms with Gasteiger partial charge in [0.25, 0.3) is 0 Å². The number of hydrogen-bond acceptors (Lipinski definition) is 2. The van der Waals surface area contributed by atoms with Crippen LogP contribution in [0.25, 0.3) is 55.3 Å². The lowest BCUT2D eigenvalue weighted by atomic mass is 9.87. The van der Waals surface area contributed by atoms with E-state index in [9.17, 15) is 0 Å². The Kier molecular flexibility index (Phi) is 6.84. The number of ether oxygens (including phenoxy) is 1. The van der Waals surface area contributed by atoms with E-state index >= 15 is 0 Å². The molecule has 8 aromatic carbocycles. The van der Waals surface area contributed by atoms with Crippen molar-refractivity contribution in [2.75, 3.05) is 4.90 Å². The number of benzene rings is 8. The third-order valence-corrected chi connectivity index (χ3v) is 9.27. The Morgan fingerprint density at radius 1 is 0.354 bits per heavy atom. The van der Waals surface area contributed by atoms with Crippen molar-refractivity contribution in [3.8, 4) is 56.0 Å². The van der Waals surface area contributed by atoms with Gasteiger partial charge in [-0.25, -0.2) is 0 Å². The molecule has 48 heavy (non-hydrogen) atoms.